The van der Waals surface area contributed by atoms with Gasteiger partial charge in [0.2, 0.25) is 0 Å². The summed E-state index contributed by atoms with van der Waals surface area (Å²) in [7, 11) is 0. The SMILES string of the molecule is CC(C)(C)OC(=O)c1c(C(N)C(=O)OC(C)(C)C)nc2c1ccc1c[nH]c(Cl)cc12. The van der Waals surface area contributed by atoms with E-state index in [1.54, 1.807) is 59.9 Å². The molecule has 0 fully saturated rings. The number of aromatic amines is 1. The molecule has 3 rings (SSSR count). The number of rotatable bonds is 3. The largest absolute Gasteiger partial charge is 0.459 e. The van der Waals surface area contributed by atoms with E-state index >= 15 is 0 Å². The van der Waals surface area contributed by atoms with Crippen LogP contribution in [0.25, 0.3) is 21.7 Å². The highest BCUT2D eigenvalue weighted by Crippen LogP contribution is 2.34. The van der Waals surface area contributed by atoms with Crippen LogP contribution < -0.4 is 5.73 Å². The van der Waals surface area contributed by atoms with Gasteiger partial charge in [-0.3, -0.25) is 0 Å². The molecule has 2 aromatic heterocycles. The molecule has 0 spiro atoms. The third-order valence-electron chi connectivity index (χ3n) is 4.20. The number of esters is 2. The van der Waals surface area contributed by atoms with Gasteiger partial charge < -0.3 is 20.2 Å². The zero-order valence-electron chi connectivity index (χ0n) is 17.9. The van der Waals surface area contributed by atoms with Gasteiger partial charge in [-0.2, -0.15) is 0 Å². The summed E-state index contributed by atoms with van der Waals surface area (Å²) in [5.41, 5.74) is 5.53. The second-order valence-electron chi connectivity index (χ2n) is 9.13. The van der Waals surface area contributed by atoms with Crippen LogP contribution in [0.1, 0.15) is 63.6 Å². The predicted molar refractivity (Wildman–Crippen MR) is 117 cm³/mol. The second-order valence-corrected chi connectivity index (χ2v) is 9.54. The molecule has 1 atom stereocenters. The maximum Gasteiger partial charge on any atom is 0.341 e. The standard InChI is InChI=1S/C22H26ClN3O4/c1-21(2,3)29-19(27)15-12-8-7-11-10-25-14(23)9-13(11)17(12)26-18(15)16(24)20(28)30-22(4,5)6/h7-10,16,25H,24H2,1-6H3. The van der Waals surface area contributed by atoms with Gasteiger partial charge in [-0.25, -0.2) is 14.6 Å². The Hall–Kier alpha value is -2.64. The third kappa shape index (κ3) is 4.57. The first-order chi connectivity index (χ1) is 13.8. The highest BCUT2D eigenvalue weighted by molar-refractivity contribution is 6.30. The number of ether oxygens (including phenoxy) is 2. The number of fused-ring (bicyclic) bond motifs is 3. The van der Waals surface area contributed by atoms with Crippen molar-refractivity contribution in [2.45, 2.75) is 58.8 Å². The Bertz CT molecular complexity index is 1140. The molecular formula is C22H26ClN3O4. The minimum absolute atomic E-state index is 0.116. The van der Waals surface area contributed by atoms with Crippen molar-refractivity contribution in [3.8, 4) is 0 Å². The van der Waals surface area contributed by atoms with Crippen LogP contribution in [0.5, 0.6) is 0 Å². The van der Waals surface area contributed by atoms with Crippen LogP contribution in [0.2, 0.25) is 5.15 Å². The number of nitrogens with zero attached hydrogens (tertiary/aromatic N) is 1. The first kappa shape index (κ1) is 22.1. The number of carbonyl (C=O) groups excluding carboxylic acids is 2. The lowest BCUT2D eigenvalue weighted by molar-refractivity contribution is -0.156. The number of halogens is 1. The van der Waals surface area contributed by atoms with E-state index in [9.17, 15) is 9.59 Å². The van der Waals surface area contributed by atoms with Gasteiger partial charge >= 0.3 is 11.9 Å². The minimum atomic E-state index is -1.25. The van der Waals surface area contributed by atoms with Crippen molar-refractivity contribution >= 4 is 45.2 Å². The van der Waals surface area contributed by atoms with E-state index in [2.05, 4.69) is 9.97 Å². The van der Waals surface area contributed by atoms with Crippen molar-refractivity contribution in [2.75, 3.05) is 0 Å². The number of nitrogens with two attached hydrogens (primary N) is 1. The van der Waals surface area contributed by atoms with Crippen molar-refractivity contribution in [1.29, 1.82) is 0 Å². The number of pyridine rings is 1. The van der Waals surface area contributed by atoms with E-state index in [1.807, 2.05) is 6.07 Å². The molecule has 2 heterocycles. The van der Waals surface area contributed by atoms with E-state index in [0.717, 1.165) is 10.8 Å². The molecule has 8 heteroatoms. The second kappa shape index (κ2) is 7.56. The number of carbonyl (C=O) groups is 2. The molecule has 3 aromatic rings. The van der Waals surface area contributed by atoms with Crippen LogP contribution in [0.15, 0.2) is 24.4 Å². The fraction of sp³-hybridized carbons (Fsp3) is 0.409. The molecule has 7 nitrogen and oxygen atoms in total. The molecule has 3 N–H and O–H groups in total. The third-order valence-corrected chi connectivity index (χ3v) is 4.42. The van der Waals surface area contributed by atoms with Gasteiger partial charge in [-0.15, -0.1) is 0 Å². The number of H-pyrrole nitrogens is 1. The van der Waals surface area contributed by atoms with Crippen molar-refractivity contribution in [1.82, 2.24) is 9.97 Å². The molecule has 0 saturated heterocycles. The van der Waals surface area contributed by atoms with Crippen LogP contribution in [0, 0.1) is 0 Å². The maximum atomic E-state index is 13.1. The van der Waals surface area contributed by atoms with Gasteiger partial charge in [0.15, 0.2) is 0 Å². The Morgan fingerprint density at radius 2 is 1.70 bits per heavy atom. The highest BCUT2D eigenvalue weighted by Gasteiger charge is 2.33. The fourth-order valence-corrected chi connectivity index (χ4v) is 3.26. The molecule has 0 radical (unpaired) electrons. The summed E-state index contributed by atoms with van der Waals surface area (Å²) in [6.07, 6.45) is 1.74. The van der Waals surface area contributed by atoms with Crippen LogP contribution >= 0.6 is 11.6 Å². The Kier molecular flexibility index (Phi) is 5.56. The Balaban J connectivity index is 2.24. The van der Waals surface area contributed by atoms with Gasteiger partial charge in [0, 0.05) is 22.4 Å². The summed E-state index contributed by atoms with van der Waals surface area (Å²) in [6, 6.07) is 4.06. The molecule has 160 valence electrons. The van der Waals surface area contributed by atoms with Gasteiger partial charge in [0.25, 0.3) is 0 Å². The van der Waals surface area contributed by atoms with Gasteiger partial charge in [-0.1, -0.05) is 23.7 Å². The summed E-state index contributed by atoms with van der Waals surface area (Å²) in [6.45, 7) is 10.5. The average molecular weight is 432 g/mol. The smallest absolute Gasteiger partial charge is 0.341 e. The lowest BCUT2D eigenvalue weighted by Gasteiger charge is -2.23. The van der Waals surface area contributed by atoms with Crippen LogP contribution in [0.3, 0.4) is 0 Å². The molecule has 0 amide bonds. The number of aromatic nitrogens is 2. The molecular weight excluding hydrogens is 406 g/mol. The van der Waals surface area contributed by atoms with Crippen molar-refractivity contribution < 1.29 is 19.1 Å². The van der Waals surface area contributed by atoms with E-state index in [4.69, 9.17) is 26.8 Å². The lowest BCUT2D eigenvalue weighted by atomic mass is 10.0. The summed E-state index contributed by atoms with van der Waals surface area (Å²) in [5.74, 6) is -1.28. The van der Waals surface area contributed by atoms with Crippen LogP contribution in [-0.4, -0.2) is 33.1 Å². The monoisotopic (exact) mass is 431 g/mol. The normalized spacial score (nSPS) is 13.5. The van der Waals surface area contributed by atoms with E-state index in [-0.39, 0.29) is 11.3 Å². The molecule has 30 heavy (non-hydrogen) atoms. The lowest BCUT2D eigenvalue weighted by Crippen LogP contribution is -2.33. The summed E-state index contributed by atoms with van der Waals surface area (Å²) in [5, 5.41) is 2.52. The zero-order chi connectivity index (χ0) is 22.4. The minimum Gasteiger partial charge on any atom is -0.459 e. The summed E-state index contributed by atoms with van der Waals surface area (Å²) in [4.78, 5) is 33.2. The number of benzene rings is 1. The van der Waals surface area contributed by atoms with Gasteiger partial charge in [0.1, 0.15) is 22.4 Å². The summed E-state index contributed by atoms with van der Waals surface area (Å²) < 4.78 is 11.0. The van der Waals surface area contributed by atoms with Gasteiger partial charge in [0.05, 0.1) is 16.8 Å². The summed E-state index contributed by atoms with van der Waals surface area (Å²) >= 11 is 6.13. The Labute approximate surface area is 179 Å². The fourth-order valence-electron chi connectivity index (χ4n) is 3.10. The zero-order valence-corrected chi connectivity index (χ0v) is 18.7. The van der Waals surface area contributed by atoms with Crippen LogP contribution in [0.4, 0.5) is 0 Å². The number of nitrogens with one attached hydrogen (secondary N) is 1. The van der Waals surface area contributed by atoms with E-state index in [0.29, 0.717) is 16.1 Å². The number of hydrogen-bond acceptors (Lipinski definition) is 6. The highest BCUT2D eigenvalue weighted by atomic mass is 35.5. The van der Waals surface area contributed by atoms with E-state index < -0.39 is 29.2 Å². The first-order valence-corrected chi connectivity index (χ1v) is 9.96. The van der Waals surface area contributed by atoms with Crippen molar-refractivity contribution in [2.24, 2.45) is 5.73 Å². The molecule has 0 aliphatic heterocycles. The van der Waals surface area contributed by atoms with E-state index in [1.165, 1.54) is 0 Å². The quantitative estimate of drug-likeness (QED) is 0.461. The Morgan fingerprint density at radius 3 is 2.30 bits per heavy atom. The average Bonchev–Trinajstić information content (AvgIpc) is 2.98. The van der Waals surface area contributed by atoms with Crippen LogP contribution in [-0.2, 0) is 14.3 Å². The van der Waals surface area contributed by atoms with Gasteiger partial charge in [-0.05, 0) is 47.6 Å². The molecule has 0 aliphatic rings. The molecule has 1 aromatic carbocycles. The molecule has 0 bridgehead atoms. The molecule has 0 saturated carbocycles. The molecule has 0 aliphatic carbocycles. The first-order valence-electron chi connectivity index (χ1n) is 9.59. The maximum absolute atomic E-state index is 13.1. The van der Waals surface area contributed by atoms with Crippen molar-refractivity contribution in [3.05, 3.63) is 40.8 Å². The number of hydrogen-bond donors (Lipinski definition) is 2. The van der Waals surface area contributed by atoms with Crippen molar-refractivity contribution in [3.63, 3.8) is 0 Å². The topological polar surface area (TPSA) is 107 Å². The Morgan fingerprint density at radius 1 is 1.07 bits per heavy atom. The predicted octanol–water partition coefficient (Wildman–Crippen LogP) is 4.67. The molecule has 1 unspecified atom stereocenters.